The molecule has 1 heterocycles. The van der Waals surface area contributed by atoms with Crippen molar-refractivity contribution in [3.63, 3.8) is 0 Å². The van der Waals surface area contributed by atoms with E-state index in [1.165, 1.54) is 29.5 Å². The molecule has 0 radical (unpaired) electrons. The van der Waals surface area contributed by atoms with E-state index in [1.54, 1.807) is 16.8 Å². The topological polar surface area (TPSA) is 42.0 Å². The van der Waals surface area contributed by atoms with Gasteiger partial charge in [-0.2, -0.15) is 13.2 Å². The standard InChI is InChI=1S/C13H10F4N2OS/c14-9-3-1-2-8(4-9)12-19-10(6-21-12)5-11(20)18-7-13(15,16)17/h1-4,6H,5,7H2,(H,18,20). The third-order valence-corrected chi connectivity index (χ3v) is 3.39. The summed E-state index contributed by atoms with van der Waals surface area (Å²) in [4.78, 5) is 15.5. The Morgan fingerprint density at radius 2 is 2.10 bits per heavy atom. The summed E-state index contributed by atoms with van der Waals surface area (Å²) in [7, 11) is 0. The molecule has 0 fully saturated rings. The van der Waals surface area contributed by atoms with Crippen molar-refractivity contribution < 1.29 is 22.4 Å². The van der Waals surface area contributed by atoms with Crippen molar-refractivity contribution in [2.24, 2.45) is 0 Å². The molecule has 8 heteroatoms. The Morgan fingerprint density at radius 3 is 2.76 bits per heavy atom. The van der Waals surface area contributed by atoms with Crippen LogP contribution < -0.4 is 5.32 Å². The highest BCUT2D eigenvalue weighted by Crippen LogP contribution is 2.24. The molecule has 2 aromatic rings. The van der Waals surface area contributed by atoms with E-state index in [0.29, 0.717) is 16.3 Å². The number of thiazole rings is 1. The lowest BCUT2D eigenvalue weighted by molar-refractivity contribution is -0.138. The first-order valence-corrected chi connectivity index (χ1v) is 6.75. The second kappa shape index (κ2) is 6.21. The SMILES string of the molecule is O=C(Cc1csc(-c2cccc(F)c2)n1)NCC(F)(F)F. The van der Waals surface area contributed by atoms with Crippen LogP contribution in [0.15, 0.2) is 29.6 Å². The smallest absolute Gasteiger partial charge is 0.347 e. The van der Waals surface area contributed by atoms with Crippen molar-refractivity contribution in [3.8, 4) is 10.6 Å². The van der Waals surface area contributed by atoms with Gasteiger partial charge in [-0.05, 0) is 12.1 Å². The fraction of sp³-hybridized carbons (Fsp3) is 0.231. The summed E-state index contributed by atoms with van der Waals surface area (Å²) in [5.74, 6) is -1.17. The largest absolute Gasteiger partial charge is 0.405 e. The zero-order valence-corrected chi connectivity index (χ0v) is 11.4. The quantitative estimate of drug-likeness (QED) is 0.880. The molecule has 1 aromatic heterocycles. The van der Waals surface area contributed by atoms with Gasteiger partial charge in [-0.15, -0.1) is 11.3 Å². The lowest BCUT2D eigenvalue weighted by Crippen LogP contribution is -2.34. The minimum atomic E-state index is -4.44. The average molecular weight is 318 g/mol. The van der Waals surface area contributed by atoms with Crippen molar-refractivity contribution in [1.29, 1.82) is 0 Å². The van der Waals surface area contributed by atoms with Crippen molar-refractivity contribution >= 4 is 17.2 Å². The Hall–Kier alpha value is -1.96. The molecule has 0 aliphatic rings. The minimum absolute atomic E-state index is 0.248. The van der Waals surface area contributed by atoms with E-state index in [4.69, 9.17) is 0 Å². The van der Waals surface area contributed by atoms with Crippen molar-refractivity contribution in [2.75, 3.05) is 6.54 Å². The third kappa shape index (κ3) is 4.82. The van der Waals surface area contributed by atoms with Gasteiger partial charge in [0.1, 0.15) is 17.4 Å². The number of hydrogen-bond acceptors (Lipinski definition) is 3. The first kappa shape index (κ1) is 15.4. The van der Waals surface area contributed by atoms with E-state index in [2.05, 4.69) is 4.98 Å². The Labute approximate surface area is 121 Å². The van der Waals surface area contributed by atoms with Crippen LogP contribution >= 0.6 is 11.3 Å². The highest BCUT2D eigenvalue weighted by atomic mass is 32.1. The van der Waals surface area contributed by atoms with E-state index >= 15 is 0 Å². The number of amides is 1. The summed E-state index contributed by atoms with van der Waals surface area (Å²) >= 11 is 1.20. The minimum Gasteiger partial charge on any atom is -0.347 e. The lowest BCUT2D eigenvalue weighted by atomic mass is 10.2. The Bertz CT molecular complexity index is 639. The highest BCUT2D eigenvalue weighted by molar-refractivity contribution is 7.13. The van der Waals surface area contributed by atoms with Gasteiger partial charge in [0.25, 0.3) is 0 Å². The number of nitrogens with zero attached hydrogens (tertiary/aromatic N) is 1. The monoisotopic (exact) mass is 318 g/mol. The van der Waals surface area contributed by atoms with Crippen LogP contribution in [0.3, 0.4) is 0 Å². The van der Waals surface area contributed by atoms with Crippen LogP contribution in [0.25, 0.3) is 10.6 Å². The molecule has 0 unspecified atom stereocenters. The van der Waals surface area contributed by atoms with Crippen LogP contribution in [-0.2, 0) is 11.2 Å². The van der Waals surface area contributed by atoms with E-state index in [9.17, 15) is 22.4 Å². The molecule has 1 amide bonds. The maximum atomic E-state index is 13.1. The maximum absolute atomic E-state index is 13.1. The Morgan fingerprint density at radius 1 is 1.33 bits per heavy atom. The van der Waals surface area contributed by atoms with Crippen LogP contribution in [0, 0.1) is 5.82 Å². The molecule has 112 valence electrons. The molecular weight excluding hydrogens is 308 g/mol. The summed E-state index contributed by atoms with van der Waals surface area (Å²) in [6.45, 7) is -1.37. The number of alkyl halides is 3. The van der Waals surface area contributed by atoms with Crippen LogP contribution in [0.5, 0.6) is 0 Å². The van der Waals surface area contributed by atoms with Gasteiger partial charge in [0.15, 0.2) is 0 Å². The summed E-state index contributed by atoms with van der Waals surface area (Å²) in [5.41, 5.74) is 0.904. The summed E-state index contributed by atoms with van der Waals surface area (Å²) in [5, 5.41) is 3.84. The molecule has 1 N–H and O–H groups in total. The van der Waals surface area contributed by atoms with E-state index in [1.807, 2.05) is 0 Å². The highest BCUT2D eigenvalue weighted by Gasteiger charge is 2.27. The zero-order valence-electron chi connectivity index (χ0n) is 10.6. The van der Waals surface area contributed by atoms with E-state index in [-0.39, 0.29) is 6.42 Å². The summed E-state index contributed by atoms with van der Waals surface area (Å²) < 4.78 is 49.0. The van der Waals surface area contributed by atoms with Gasteiger partial charge < -0.3 is 5.32 Å². The van der Waals surface area contributed by atoms with Gasteiger partial charge in [0.05, 0.1) is 12.1 Å². The van der Waals surface area contributed by atoms with Crippen molar-refractivity contribution in [2.45, 2.75) is 12.6 Å². The van der Waals surface area contributed by atoms with Gasteiger partial charge in [-0.25, -0.2) is 9.37 Å². The molecule has 21 heavy (non-hydrogen) atoms. The Kier molecular flexibility index (Phi) is 4.56. The molecule has 0 spiro atoms. The normalized spacial score (nSPS) is 11.4. The first-order valence-electron chi connectivity index (χ1n) is 5.87. The lowest BCUT2D eigenvalue weighted by Gasteiger charge is -2.07. The molecule has 3 nitrogen and oxygen atoms in total. The van der Waals surface area contributed by atoms with Gasteiger partial charge in [0.2, 0.25) is 5.91 Å². The van der Waals surface area contributed by atoms with Gasteiger partial charge in [0, 0.05) is 10.9 Å². The van der Waals surface area contributed by atoms with E-state index < -0.39 is 24.4 Å². The second-order valence-electron chi connectivity index (χ2n) is 4.22. The number of rotatable bonds is 4. The number of halogens is 4. The molecule has 0 saturated heterocycles. The Balaban J connectivity index is 1.99. The van der Waals surface area contributed by atoms with Crippen LogP contribution in [0.4, 0.5) is 17.6 Å². The molecular formula is C13H10F4N2OS. The van der Waals surface area contributed by atoms with Crippen molar-refractivity contribution in [1.82, 2.24) is 10.3 Å². The van der Waals surface area contributed by atoms with Crippen LogP contribution in [0.2, 0.25) is 0 Å². The molecule has 0 bridgehead atoms. The fourth-order valence-electron chi connectivity index (χ4n) is 1.57. The maximum Gasteiger partial charge on any atom is 0.405 e. The number of carbonyl (C=O) groups is 1. The summed E-state index contributed by atoms with van der Waals surface area (Å²) in [6, 6.07) is 5.78. The second-order valence-corrected chi connectivity index (χ2v) is 5.08. The van der Waals surface area contributed by atoms with E-state index in [0.717, 1.165) is 0 Å². The third-order valence-electron chi connectivity index (χ3n) is 2.45. The molecule has 0 aliphatic heterocycles. The number of aromatic nitrogens is 1. The van der Waals surface area contributed by atoms with Gasteiger partial charge >= 0.3 is 6.18 Å². The zero-order chi connectivity index (χ0) is 15.5. The first-order chi connectivity index (χ1) is 9.83. The average Bonchev–Trinajstić information content (AvgIpc) is 2.84. The van der Waals surface area contributed by atoms with Crippen LogP contribution in [0.1, 0.15) is 5.69 Å². The number of benzene rings is 1. The molecule has 0 aliphatic carbocycles. The molecule has 1 aromatic carbocycles. The number of hydrogen-bond donors (Lipinski definition) is 1. The summed E-state index contributed by atoms with van der Waals surface area (Å²) in [6.07, 6.45) is -4.69. The predicted molar refractivity (Wildman–Crippen MR) is 70.3 cm³/mol. The number of carbonyl (C=O) groups excluding carboxylic acids is 1. The molecule has 2 rings (SSSR count). The molecule has 0 atom stereocenters. The number of nitrogens with one attached hydrogen (secondary N) is 1. The van der Waals surface area contributed by atoms with Crippen LogP contribution in [-0.4, -0.2) is 23.6 Å². The fourth-order valence-corrected chi connectivity index (χ4v) is 2.38. The van der Waals surface area contributed by atoms with Gasteiger partial charge in [-0.3, -0.25) is 4.79 Å². The predicted octanol–water partition coefficient (Wildman–Crippen LogP) is 3.17. The van der Waals surface area contributed by atoms with Crippen molar-refractivity contribution in [3.05, 3.63) is 41.2 Å². The molecule has 0 saturated carbocycles. The van der Waals surface area contributed by atoms with Gasteiger partial charge in [-0.1, -0.05) is 12.1 Å².